The highest BCUT2D eigenvalue weighted by molar-refractivity contribution is 7.89. The number of rotatable bonds is 6. The Morgan fingerprint density at radius 1 is 1.26 bits per heavy atom. The molecule has 3 rings (SSSR count). The maximum Gasteiger partial charge on any atom is 0.265 e. The number of ether oxygens (including phenoxy) is 1. The molecule has 8 nitrogen and oxygen atoms in total. The number of anilines is 2. The number of nitrogens with one attached hydrogen (secondary N) is 2. The Morgan fingerprint density at radius 3 is 2.61 bits per heavy atom. The molecule has 31 heavy (non-hydrogen) atoms. The van der Waals surface area contributed by atoms with Crippen molar-refractivity contribution in [3.05, 3.63) is 46.5 Å². The summed E-state index contributed by atoms with van der Waals surface area (Å²) in [5.41, 5.74) is 2.18. The first-order valence-corrected chi connectivity index (χ1v) is 11.5. The quantitative estimate of drug-likeness (QED) is 0.680. The van der Waals surface area contributed by atoms with E-state index in [2.05, 4.69) is 10.6 Å². The average Bonchev–Trinajstić information content (AvgIpc) is 2.69. The lowest BCUT2D eigenvalue weighted by Crippen LogP contribution is -2.37. The van der Waals surface area contributed by atoms with Gasteiger partial charge in [-0.2, -0.15) is 4.31 Å². The number of sulfonamides is 1. The third kappa shape index (κ3) is 4.84. The minimum absolute atomic E-state index is 0.000852. The number of benzene rings is 2. The Morgan fingerprint density at radius 2 is 1.97 bits per heavy atom. The summed E-state index contributed by atoms with van der Waals surface area (Å²) in [7, 11) is -2.68. The van der Waals surface area contributed by atoms with E-state index in [0.717, 1.165) is 9.87 Å². The maximum absolute atomic E-state index is 13.1. The van der Waals surface area contributed by atoms with E-state index in [0.29, 0.717) is 28.4 Å². The molecule has 2 aromatic carbocycles. The van der Waals surface area contributed by atoms with Gasteiger partial charge < -0.3 is 15.4 Å². The molecule has 0 bridgehead atoms. The molecule has 1 atom stereocenters. The molecule has 0 aliphatic carbocycles. The molecule has 10 heteroatoms. The normalized spacial score (nSPS) is 15.8. The molecule has 0 aromatic heterocycles. The Hall–Kier alpha value is -2.62. The summed E-state index contributed by atoms with van der Waals surface area (Å²) >= 11 is 6.13. The number of hydrogen-bond acceptors (Lipinski definition) is 5. The van der Waals surface area contributed by atoms with Crippen LogP contribution in [0, 0.1) is 13.8 Å². The zero-order chi connectivity index (χ0) is 22.9. The van der Waals surface area contributed by atoms with E-state index in [4.69, 9.17) is 16.3 Å². The van der Waals surface area contributed by atoms with Crippen LogP contribution < -0.4 is 15.4 Å². The molecule has 0 saturated carbocycles. The van der Waals surface area contributed by atoms with E-state index in [-0.39, 0.29) is 16.6 Å². The summed E-state index contributed by atoms with van der Waals surface area (Å²) in [6.07, 6.45) is -0.239. The van der Waals surface area contributed by atoms with Gasteiger partial charge in [-0.3, -0.25) is 9.59 Å². The van der Waals surface area contributed by atoms with E-state index in [1.54, 1.807) is 38.1 Å². The van der Waals surface area contributed by atoms with Crippen LogP contribution in [0.15, 0.2) is 35.2 Å². The second-order valence-corrected chi connectivity index (χ2v) is 9.83. The molecular formula is C21H24ClN3O5S. The molecule has 0 unspecified atom stereocenters. The van der Waals surface area contributed by atoms with Crippen LogP contribution in [0.25, 0.3) is 0 Å². The van der Waals surface area contributed by atoms with Crippen LogP contribution in [0.4, 0.5) is 11.4 Å². The largest absolute Gasteiger partial charge is 0.478 e. The van der Waals surface area contributed by atoms with Gasteiger partial charge in [0.15, 0.2) is 6.10 Å². The first-order valence-electron chi connectivity index (χ1n) is 9.67. The Labute approximate surface area is 186 Å². The SMILES string of the molecule is CC[C@@H]1Oc2cc(S(=O)(=O)N(C)CC(=O)Nc3ccc(C)cc3Cl)c(C)cc2NC1=O. The van der Waals surface area contributed by atoms with Crippen LogP contribution in [0.2, 0.25) is 5.02 Å². The standard InChI is InChI=1S/C21H24ClN3O5S/c1-5-17-21(27)24-16-9-13(3)19(10-18(16)30-17)31(28,29)25(4)11-20(26)23-15-7-6-12(2)8-14(15)22/h6-10,17H,5,11H2,1-4H3,(H,23,26)(H,24,27)/t17-/m0/s1. The summed E-state index contributed by atoms with van der Waals surface area (Å²) in [5, 5.41) is 5.72. The second-order valence-electron chi connectivity index (χ2n) is 7.41. The molecule has 2 N–H and O–H groups in total. The van der Waals surface area contributed by atoms with Crippen LogP contribution in [0.3, 0.4) is 0 Å². The Kier molecular flexibility index (Phi) is 6.59. The zero-order valence-electron chi connectivity index (χ0n) is 17.7. The van der Waals surface area contributed by atoms with Crippen LogP contribution in [0.1, 0.15) is 24.5 Å². The van der Waals surface area contributed by atoms with Crippen LogP contribution in [-0.4, -0.2) is 44.2 Å². The van der Waals surface area contributed by atoms with Crippen molar-refractivity contribution in [2.45, 2.75) is 38.2 Å². The zero-order valence-corrected chi connectivity index (χ0v) is 19.2. The van der Waals surface area contributed by atoms with Crippen molar-refractivity contribution in [1.82, 2.24) is 4.31 Å². The summed E-state index contributed by atoms with van der Waals surface area (Å²) in [5.74, 6) is -0.518. The van der Waals surface area contributed by atoms with Gasteiger partial charge in [-0.25, -0.2) is 8.42 Å². The number of carbonyl (C=O) groups is 2. The third-order valence-corrected chi connectivity index (χ3v) is 7.18. The van der Waals surface area contributed by atoms with Gasteiger partial charge in [0.2, 0.25) is 15.9 Å². The maximum atomic E-state index is 13.1. The third-order valence-electron chi connectivity index (χ3n) is 4.92. The fourth-order valence-corrected chi connectivity index (χ4v) is 4.82. The van der Waals surface area contributed by atoms with E-state index in [9.17, 15) is 18.0 Å². The lowest BCUT2D eigenvalue weighted by molar-refractivity contribution is -0.123. The molecule has 0 spiro atoms. The molecule has 166 valence electrons. The van der Waals surface area contributed by atoms with Crippen LogP contribution in [-0.2, 0) is 19.6 Å². The number of aryl methyl sites for hydroxylation is 2. The van der Waals surface area contributed by atoms with Crippen molar-refractivity contribution in [2.75, 3.05) is 24.2 Å². The Bertz CT molecular complexity index is 1150. The van der Waals surface area contributed by atoms with Gasteiger partial charge in [-0.05, 0) is 49.6 Å². The highest BCUT2D eigenvalue weighted by Gasteiger charge is 2.31. The lowest BCUT2D eigenvalue weighted by atomic mass is 10.1. The van der Waals surface area contributed by atoms with Gasteiger partial charge in [-0.15, -0.1) is 0 Å². The monoisotopic (exact) mass is 465 g/mol. The fraction of sp³-hybridized carbons (Fsp3) is 0.333. The number of halogens is 1. The smallest absolute Gasteiger partial charge is 0.265 e. The van der Waals surface area contributed by atoms with Crippen molar-refractivity contribution in [3.63, 3.8) is 0 Å². The predicted octanol–water partition coefficient (Wildman–Crippen LogP) is 3.33. The minimum atomic E-state index is -4.00. The van der Waals surface area contributed by atoms with E-state index >= 15 is 0 Å². The average molecular weight is 466 g/mol. The van der Waals surface area contributed by atoms with Crippen molar-refractivity contribution in [2.24, 2.45) is 0 Å². The highest BCUT2D eigenvalue weighted by Crippen LogP contribution is 2.35. The first-order chi connectivity index (χ1) is 14.5. The molecule has 1 heterocycles. The van der Waals surface area contributed by atoms with Crippen molar-refractivity contribution in [1.29, 1.82) is 0 Å². The van der Waals surface area contributed by atoms with E-state index < -0.39 is 28.6 Å². The number of hydrogen-bond donors (Lipinski definition) is 2. The summed E-state index contributed by atoms with van der Waals surface area (Å²) < 4.78 is 32.9. The van der Waals surface area contributed by atoms with Crippen molar-refractivity contribution >= 4 is 44.8 Å². The first kappa shape index (κ1) is 23.1. The summed E-state index contributed by atoms with van der Waals surface area (Å²) in [6.45, 7) is 4.88. The van der Waals surface area contributed by atoms with Gasteiger partial charge in [0, 0.05) is 13.1 Å². The number of nitrogens with zero attached hydrogens (tertiary/aromatic N) is 1. The van der Waals surface area contributed by atoms with Gasteiger partial charge >= 0.3 is 0 Å². The van der Waals surface area contributed by atoms with Gasteiger partial charge in [0.1, 0.15) is 5.75 Å². The molecule has 1 aliphatic heterocycles. The van der Waals surface area contributed by atoms with Crippen molar-refractivity contribution < 1.29 is 22.7 Å². The molecule has 0 radical (unpaired) electrons. The van der Waals surface area contributed by atoms with Gasteiger partial charge in [0.25, 0.3) is 5.91 Å². The highest BCUT2D eigenvalue weighted by atomic mass is 35.5. The summed E-state index contributed by atoms with van der Waals surface area (Å²) in [6, 6.07) is 8.09. The van der Waals surface area contributed by atoms with Gasteiger partial charge in [0.05, 0.1) is 27.8 Å². The molecule has 0 fully saturated rings. The number of amides is 2. The van der Waals surface area contributed by atoms with Crippen LogP contribution >= 0.6 is 11.6 Å². The van der Waals surface area contributed by atoms with E-state index in [1.165, 1.54) is 13.1 Å². The predicted molar refractivity (Wildman–Crippen MR) is 119 cm³/mol. The molecule has 1 aliphatic rings. The van der Waals surface area contributed by atoms with Gasteiger partial charge in [-0.1, -0.05) is 24.6 Å². The molecule has 2 amide bonds. The topological polar surface area (TPSA) is 105 Å². The molecule has 0 saturated heterocycles. The molecule has 2 aromatic rings. The minimum Gasteiger partial charge on any atom is -0.478 e. The second kappa shape index (κ2) is 8.86. The Balaban J connectivity index is 1.80. The molecular weight excluding hydrogens is 442 g/mol. The number of fused-ring (bicyclic) bond motifs is 1. The fourth-order valence-electron chi connectivity index (χ4n) is 3.20. The van der Waals surface area contributed by atoms with Crippen LogP contribution in [0.5, 0.6) is 5.75 Å². The van der Waals surface area contributed by atoms with E-state index in [1.807, 2.05) is 6.92 Å². The number of carbonyl (C=O) groups excluding carboxylic acids is 2. The summed E-state index contributed by atoms with van der Waals surface area (Å²) in [4.78, 5) is 24.4. The van der Waals surface area contributed by atoms with Crippen molar-refractivity contribution in [3.8, 4) is 5.75 Å². The number of likely N-dealkylation sites (N-methyl/N-ethyl adjacent to an activating group) is 1. The lowest BCUT2D eigenvalue weighted by Gasteiger charge is -2.27.